The fourth-order valence-electron chi connectivity index (χ4n) is 3.00. The van der Waals surface area contributed by atoms with Gasteiger partial charge in [0.05, 0.1) is 0 Å². The second-order valence-electron chi connectivity index (χ2n) is 5.86. The van der Waals surface area contributed by atoms with Crippen LogP contribution in [0, 0.1) is 11.8 Å². The first-order valence-electron chi connectivity index (χ1n) is 6.69. The number of nitrogens with zero attached hydrogens (tertiary/aromatic N) is 2. The van der Waals surface area contributed by atoms with Crippen molar-refractivity contribution >= 4 is 5.97 Å². The average molecular weight is 240 g/mol. The molecule has 2 aliphatic rings. The van der Waals surface area contributed by atoms with E-state index in [1.54, 1.807) is 0 Å². The number of hydrogen-bond acceptors (Lipinski definition) is 3. The number of carboxylic acid groups (broad SMARTS) is 1. The summed E-state index contributed by atoms with van der Waals surface area (Å²) in [6, 6.07) is -0.199. The standard InChI is InChI=1S/C13H24N2O2/c1-14(2)9-10-5-7-15(8-6-10)12(13(16)17)11-3-4-11/h10-12H,3-9H2,1-2H3,(H,16,17). The summed E-state index contributed by atoms with van der Waals surface area (Å²) >= 11 is 0. The third-order valence-corrected chi connectivity index (χ3v) is 3.99. The molecule has 2 fully saturated rings. The minimum absolute atomic E-state index is 0.199. The quantitative estimate of drug-likeness (QED) is 0.782. The first-order chi connectivity index (χ1) is 8.08. The molecule has 1 aliphatic carbocycles. The predicted octanol–water partition coefficient (Wildman–Crippen LogP) is 1.12. The topological polar surface area (TPSA) is 43.8 Å². The molecule has 1 N–H and O–H groups in total. The summed E-state index contributed by atoms with van der Waals surface area (Å²) in [7, 11) is 4.22. The van der Waals surface area contributed by atoms with Gasteiger partial charge in [0.1, 0.15) is 6.04 Å². The maximum atomic E-state index is 11.3. The van der Waals surface area contributed by atoms with Crippen LogP contribution in [-0.2, 0) is 4.79 Å². The van der Waals surface area contributed by atoms with E-state index in [1.807, 2.05) is 0 Å². The lowest BCUT2D eigenvalue weighted by molar-refractivity contribution is -0.144. The minimum atomic E-state index is -0.612. The van der Waals surface area contributed by atoms with Gasteiger partial charge in [0.15, 0.2) is 0 Å². The van der Waals surface area contributed by atoms with Crippen molar-refractivity contribution in [3.8, 4) is 0 Å². The first kappa shape index (κ1) is 12.8. The summed E-state index contributed by atoms with van der Waals surface area (Å²) in [4.78, 5) is 15.7. The van der Waals surface area contributed by atoms with Crippen LogP contribution in [0.4, 0.5) is 0 Å². The molecule has 0 amide bonds. The van der Waals surface area contributed by atoms with Gasteiger partial charge in [0, 0.05) is 6.54 Å². The summed E-state index contributed by atoms with van der Waals surface area (Å²) in [5.74, 6) is 0.561. The van der Waals surface area contributed by atoms with Crippen LogP contribution in [0.25, 0.3) is 0 Å². The van der Waals surface area contributed by atoms with Gasteiger partial charge >= 0.3 is 5.97 Å². The predicted molar refractivity (Wildman–Crippen MR) is 67.0 cm³/mol. The SMILES string of the molecule is CN(C)CC1CCN(C(C(=O)O)C2CC2)CC1. The van der Waals surface area contributed by atoms with E-state index >= 15 is 0 Å². The van der Waals surface area contributed by atoms with Crippen molar-refractivity contribution in [3.63, 3.8) is 0 Å². The Balaban J connectivity index is 1.83. The van der Waals surface area contributed by atoms with Gasteiger partial charge in [-0.3, -0.25) is 9.69 Å². The molecular weight excluding hydrogens is 216 g/mol. The van der Waals surface area contributed by atoms with Crippen LogP contribution < -0.4 is 0 Å². The zero-order valence-corrected chi connectivity index (χ0v) is 10.9. The lowest BCUT2D eigenvalue weighted by Crippen LogP contribution is -2.47. The molecule has 4 heteroatoms. The van der Waals surface area contributed by atoms with E-state index in [1.165, 1.54) is 0 Å². The number of hydrogen-bond donors (Lipinski definition) is 1. The molecule has 0 aromatic carbocycles. The van der Waals surface area contributed by atoms with Crippen molar-refractivity contribution in [2.75, 3.05) is 33.7 Å². The molecule has 1 aliphatic heterocycles. The Morgan fingerprint density at radius 1 is 1.29 bits per heavy atom. The number of carboxylic acids is 1. The van der Waals surface area contributed by atoms with Gasteiger partial charge < -0.3 is 10.0 Å². The van der Waals surface area contributed by atoms with Crippen LogP contribution in [0.2, 0.25) is 0 Å². The van der Waals surface area contributed by atoms with Gasteiger partial charge in [-0.2, -0.15) is 0 Å². The molecular formula is C13H24N2O2. The number of rotatable bonds is 5. The monoisotopic (exact) mass is 240 g/mol. The third-order valence-electron chi connectivity index (χ3n) is 3.99. The van der Waals surface area contributed by atoms with Crippen LogP contribution >= 0.6 is 0 Å². The zero-order valence-electron chi connectivity index (χ0n) is 10.9. The number of carbonyl (C=O) groups is 1. The summed E-state index contributed by atoms with van der Waals surface area (Å²) in [6.07, 6.45) is 4.51. The number of aliphatic carboxylic acids is 1. The highest BCUT2D eigenvalue weighted by molar-refractivity contribution is 5.74. The van der Waals surface area contributed by atoms with E-state index in [9.17, 15) is 9.90 Å². The maximum Gasteiger partial charge on any atom is 0.321 e. The van der Waals surface area contributed by atoms with Crippen LogP contribution in [0.3, 0.4) is 0 Å². The van der Waals surface area contributed by atoms with Gasteiger partial charge in [-0.05, 0) is 64.7 Å². The molecule has 2 rings (SSSR count). The number of likely N-dealkylation sites (tertiary alicyclic amines) is 1. The molecule has 1 saturated heterocycles. The molecule has 98 valence electrons. The Labute approximate surface area is 104 Å². The lowest BCUT2D eigenvalue weighted by atomic mass is 9.94. The molecule has 1 heterocycles. The molecule has 17 heavy (non-hydrogen) atoms. The Morgan fingerprint density at radius 3 is 2.29 bits per heavy atom. The molecule has 0 spiro atoms. The molecule has 0 aromatic heterocycles. The molecule has 4 nitrogen and oxygen atoms in total. The molecule has 1 saturated carbocycles. The van der Waals surface area contributed by atoms with E-state index in [0.717, 1.165) is 51.2 Å². The van der Waals surface area contributed by atoms with E-state index in [4.69, 9.17) is 0 Å². The summed E-state index contributed by atoms with van der Waals surface area (Å²) in [6.45, 7) is 3.06. The van der Waals surface area contributed by atoms with E-state index in [-0.39, 0.29) is 6.04 Å². The first-order valence-corrected chi connectivity index (χ1v) is 6.69. The summed E-state index contributed by atoms with van der Waals surface area (Å²) in [5.41, 5.74) is 0. The number of piperidine rings is 1. The molecule has 1 atom stereocenters. The highest BCUT2D eigenvalue weighted by Crippen LogP contribution is 2.36. The van der Waals surface area contributed by atoms with E-state index in [0.29, 0.717) is 5.92 Å². The highest BCUT2D eigenvalue weighted by Gasteiger charge is 2.41. The minimum Gasteiger partial charge on any atom is -0.480 e. The van der Waals surface area contributed by atoms with Crippen molar-refractivity contribution in [2.24, 2.45) is 11.8 Å². The van der Waals surface area contributed by atoms with Gasteiger partial charge in [0.2, 0.25) is 0 Å². The van der Waals surface area contributed by atoms with Crippen molar-refractivity contribution in [1.29, 1.82) is 0 Å². The normalized spacial score (nSPS) is 25.1. The lowest BCUT2D eigenvalue weighted by Gasteiger charge is -2.36. The fraction of sp³-hybridized carbons (Fsp3) is 0.923. The molecule has 0 aromatic rings. The van der Waals surface area contributed by atoms with Crippen molar-refractivity contribution in [2.45, 2.75) is 31.7 Å². The van der Waals surface area contributed by atoms with Gasteiger partial charge in [-0.1, -0.05) is 0 Å². The smallest absolute Gasteiger partial charge is 0.321 e. The van der Waals surface area contributed by atoms with Crippen LogP contribution in [0.15, 0.2) is 0 Å². The van der Waals surface area contributed by atoms with Gasteiger partial charge in [0.25, 0.3) is 0 Å². The highest BCUT2D eigenvalue weighted by atomic mass is 16.4. The Morgan fingerprint density at radius 2 is 1.88 bits per heavy atom. The Bertz CT molecular complexity index is 269. The van der Waals surface area contributed by atoms with Gasteiger partial charge in [-0.15, -0.1) is 0 Å². The second-order valence-corrected chi connectivity index (χ2v) is 5.86. The molecule has 0 radical (unpaired) electrons. The van der Waals surface area contributed by atoms with E-state index in [2.05, 4.69) is 23.9 Å². The van der Waals surface area contributed by atoms with Gasteiger partial charge in [-0.25, -0.2) is 0 Å². The van der Waals surface area contributed by atoms with Crippen molar-refractivity contribution in [3.05, 3.63) is 0 Å². The summed E-state index contributed by atoms with van der Waals surface area (Å²) < 4.78 is 0. The fourth-order valence-corrected chi connectivity index (χ4v) is 3.00. The zero-order chi connectivity index (χ0) is 12.4. The van der Waals surface area contributed by atoms with E-state index < -0.39 is 5.97 Å². The molecule has 0 bridgehead atoms. The second kappa shape index (κ2) is 5.36. The Hall–Kier alpha value is -0.610. The molecule has 1 unspecified atom stereocenters. The van der Waals surface area contributed by atoms with Crippen molar-refractivity contribution in [1.82, 2.24) is 9.80 Å². The average Bonchev–Trinajstić information content (AvgIpc) is 3.04. The third kappa shape index (κ3) is 3.42. The van der Waals surface area contributed by atoms with Crippen LogP contribution in [0.1, 0.15) is 25.7 Å². The Kier molecular flexibility index (Phi) is 4.05. The maximum absolute atomic E-state index is 11.3. The largest absolute Gasteiger partial charge is 0.480 e. The van der Waals surface area contributed by atoms with Crippen LogP contribution in [0.5, 0.6) is 0 Å². The van der Waals surface area contributed by atoms with Crippen molar-refractivity contribution < 1.29 is 9.90 Å². The summed E-state index contributed by atoms with van der Waals surface area (Å²) in [5, 5.41) is 9.30. The van der Waals surface area contributed by atoms with Crippen LogP contribution in [-0.4, -0.2) is 60.6 Å².